The molecule has 1 N–H and O–H groups in total. The average Bonchev–Trinajstić information content (AvgIpc) is 2.42. The van der Waals surface area contributed by atoms with Gasteiger partial charge in [0.2, 0.25) is 5.91 Å². The molecule has 0 aromatic heterocycles. The summed E-state index contributed by atoms with van der Waals surface area (Å²) in [4.78, 5) is 11.6. The van der Waals surface area contributed by atoms with E-state index in [1.165, 1.54) is 18.4 Å². The van der Waals surface area contributed by atoms with Crippen LogP contribution in [0.2, 0.25) is 0 Å². The van der Waals surface area contributed by atoms with Crippen LogP contribution in [0.5, 0.6) is 0 Å². The molecule has 3 heteroatoms. The Morgan fingerprint density at radius 1 is 1.28 bits per heavy atom. The van der Waals surface area contributed by atoms with Crippen LogP contribution in [0, 0.1) is 5.92 Å². The van der Waals surface area contributed by atoms with Crippen LogP contribution in [0.15, 0.2) is 24.3 Å². The number of carbonyl (C=O) groups is 1. The molecule has 1 aromatic carbocycles. The van der Waals surface area contributed by atoms with E-state index < -0.39 is 0 Å². The molecule has 0 fully saturated rings. The molecule has 0 aliphatic heterocycles. The zero-order valence-electron chi connectivity index (χ0n) is 11.3. The number of carbonyl (C=O) groups excluding carboxylic acids is 1. The first-order valence-electron chi connectivity index (χ1n) is 6.63. The highest BCUT2D eigenvalue weighted by atomic mass is 32.1. The molecule has 100 valence electrons. The van der Waals surface area contributed by atoms with Gasteiger partial charge in [-0.25, -0.2) is 0 Å². The number of amides is 1. The number of unbranched alkanes of at least 4 members (excludes halogenated alkanes) is 1. The van der Waals surface area contributed by atoms with Gasteiger partial charge >= 0.3 is 0 Å². The third-order valence-electron chi connectivity index (χ3n) is 3.03. The van der Waals surface area contributed by atoms with Crippen LogP contribution >= 0.6 is 12.6 Å². The van der Waals surface area contributed by atoms with E-state index in [-0.39, 0.29) is 11.8 Å². The summed E-state index contributed by atoms with van der Waals surface area (Å²) in [6, 6.07) is 8.49. The molecule has 1 aromatic rings. The van der Waals surface area contributed by atoms with Gasteiger partial charge in [0.25, 0.3) is 0 Å². The lowest BCUT2D eigenvalue weighted by atomic mass is 10.1. The number of hydrogen-bond donors (Lipinski definition) is 2. The van der Waals surface area contributed by atoms with E-state index in [0.717, 1.165) is 12.0 Å². The van der Waals surface area contributed by atoms with Gasteiger partial charge in [-0.2, -0.15) is 12.6 Å². The summed E-state index contributed by atoms with van der Waals surface area (Å²) in [7, 11) is 0. The van der Waals surface area contributed by atoms with Gasteiger partial charge in [0.05, 0.1) is 0 Å². The minimum Gasteiger partial charge on any atom is -0.352 e. The highest BCUT2D eigenvalue weighted by molar-refractivity contribution is 7.80. The molecule has 0 saturated heterocycles. The maximum absolute atomic E-state index is 11.6. The van der Waals surface area contributed by atoms with Gasteiger partial charge in [0.15, 0.2) is 0 Å². The summed E-state index contributed by atoms with van der Waals surface area (Å²) in [6.45, 7) is 4.69. The molecule has 1 amide bonds. The summed E-state index contributed by atoms with van der Waals surface area (Å²) in [5.41, 5.74) is 2.52. The van der Waals surface area contributed by atoms with Crippen molar-refractivity contribution >= 4 is 18.5 Å². The van der Waals surface area contributed by atoms with E-state index >= 15 is 0 Å². The summed E-state index contributed by atoms with van der Waals surface area (Å²) < 4.78 is 0. The molecule has 1 rings (SSSR count). The second kappa shape index (κ2) is 8.20. The number of rotatable bonds is 7. The number of benzene rings is 1. The highest BCUT2D eigenvalue weighted by Gasteiger charge is 2.09. The second-order valence-corrected chi connectivity index (χ2v) is 5.09. The molecule has 0 spiro atoms. The molecular formula is C15H23NOS. The summed E-state index contributed by atoms with van der Waals surface area (Å²) >= 11 is 4.12. The maximum Gasteiger partial charge on any atom is 0.223 e. The van der Waals surface area contributed by atoms with Crippen molar-refractivity contribution in [1.29, 1.82) is 0 Å². The van der Waals surface area contributed by atoms with E-state index in [2.05, 4.69) is 49.1 Å². The highest BCUT2D eigenvalue weighted by Crippen LogP contribution is 2.08. The normalized spacial score (nSPS) is 12.2. The first-order chi connectivity index (χ1) is 8.67. The lowest BCUT2D eigenvalue weighted by Gasteiger charge is -2.10. The van der Waals surface area contributed by atoms with Crippen molar-refractivity contribution in [2.45, 2.75) is 39.7 Å². The Balaban J connectivity index is 2.41. The first kappa shape index (κ1) is 15.1. The third kappa shape index (κ3) is 5.13. The zero-order chi connectivity index (χ0) is 13.4. The molecule has 0 heterocycles. The van der Waals surface area contributed by atoms with Gasteiger partial charge in [-0.05, 0) is 24.0 Å². The van der Waals surface area contributed by atoms with Crippen LogP contribution in [-0.4, -0.2) is 11.7 Å². The first-order valence-corrected chi connectivity index (χ1v) is 7.27. The van der Waals surface area contributed by atoms with E-state index in [4.69, 9.17) is 0 Å². The minimum atomic E-state index is -0.0304. The fraction of sp³-hybridized carbons (Fsp3) is 0.533. The van der Waals surface area contributed by atoms with Crippen LogP contribution in [0.4, 0.5) is 0 Å². The van der Waals surface area contributed by atoms with Crippen molar-refractivity contribution in [3.63, 3.8) is 0 Å². The molecular weight excluding hydrogens is 242 g/mol. The number of thiol groups is 1. The minimum absolute atomic E-state index is 0.0304. The molecule has 0 bridgehead atoms. The predicted molar refractivity (Wildman–Crippen MR) is 79.9 cm³/mol. The molecule has 0 radical (unpaired) electrons. The smallest absolute Gasteiger partial charge is 0.223 e. The van der Waals surface area contributed by atoms with Crippen molar-refractivity contribution in [1.82, 2.24) is 5.32 Å². The molecule has 0 aliphatic rings. The number of aryl methyl sites for hydroxylation is 1. The molecule has 1 unspecified atom stereocenters. The monoisotopic (exact) mass is 265 g/mol. The van der Waals surface area contributed by atoms with Gasteiger partial charge in [-0.1, -0.05) is 44.5 Å². The Morgan fingerprint density at radius 2 is 1.89 bits per heavy atom. The van der Waals surface area contributed by atoms with Crippen molar-refractivity contribution in [3.05, 3.63) is 35.4 Å². The summed E-state index contributed by atoms with van der Waals surface area (Å²) in [5.74, 6) is 0.624. The van der Waals surface area contributed by atoms with Crippen LogP contribution in [0.3, 0.4) is 0 Å². The summed E-state index contributed by atoms with van der Waals surface area (Å²) in [6.07, 6.45) is 3.59. The van der Waals surface area contributed by atoms with Gasteiger partial charge in [0.1, 0.15) is 0 Å². The van der Waals surface area contributed by atoms with Crippen LogP contribution < -0.4 is 5.32 Å². The van der Waals surface area contributed by atoms with Crippen molar-refractivity contribution in [3.8, 4) is 0 Å². The van der Waals surface area contributed by atoms with Crippen molar-refractivity contribution in [2.24, 2.45) is 5.92 Å². The second-order valence-electron chi connectivity index (χ2n) is 4.72. The SMILES string of the molecule is CCCCc1ccc(CNC(=O)C(C)CS)cc1. The molecule has 1 atom stereocenters. The summed E-state index contributed by atoms with van der Waals surface area (Å²) in [5, 5.41) is 2.92. The fourth-order valence-electron chi connectivity index (χ4n) is 1.65. The van der Waals surface area contributed by atoms with Crippen molar-refractivity contribution in [2.75, 3.05) is 5.75 Å². The average molecular weight is 265 g/mol. The number of hydrogen-bond acceptors (Lipinski definition) is 2. The Labute approximate surface area is 116 Å². The molecule has 0 aliphatic carbocycles. The van der Waals surface area contributed by atoms with Crippen LogP contribution in [0.1, 0.15) is 37.8 Å². The molecule has 2 nitrogen and oxygen atoms in total. The Bertz CT molecular complexity index is 361. The molecule has 0 saturated carbocycles. The topological polar surface area (TPSA) is 29.1 Å². The van der Waals surface area contributed by atoms with Gasteiger partial charge in [0, 0.05) is 18.2 Å². The largest absolute Gasteiger partial charge is 0.352 e. The molecule has 18 heavy (non-hydrogen) atoms. The van der Waals surface area contributed by atoms with E-state index in [1.54, 1.807) is 0 Å². The van der Waals surface area contributed by atoms with Gasteiger partial charge < -0.3 is 5.32 Å². The lowest BCUT2D eigenvalue weighted by molar-refractivity contribution is -0.123. The van der Waals surface area contributed by atoms with Gasteiger partial charge in [-0.3, -0.25) is 4.79 Å². The quantitative estimate of drug-likeness (QED) is 0.728. The standard InChI is InChI=1S/C15H23NOS/c1-3-4-5-13-6-8-14(9-7-13)10-16-15(17)12(2)11-18/h6-9,12,18H,3-5,10-11H2,1-2H3,(H,16,17). The van der Waals surface area contributed by atoms with E-state index in [1.807, 2.05) is 6.92 Å². The van der Waals surface area contributed by atoms with Gasteiger partial charge in [-0.15, -0.1) is 0 Å². The number of nitrogens with one attached hydrogen (secondary N) is 1. The third-order valence-corrected chi connectivity index (χ3v) is 3.58. The maximum atomic E-state index is 11.6. The van der Waals surface area contributed by atoms with Crippen LogP contribution in [0.25, 0.3) is 0 Å². The Hall–Kier alpha value is -0.960. The van der Waals surface area contributed by atoms with Crippen LogP contribution in [-0.2, 0) is 17.8 Å². The Morgan fingerprint density at radius 3 is 2.44 bits per heavy atom. The van der Waals surface area contributed by atoms with E-state index in [9.17, 15) is 4.79 Å². The Kier molecular flexibility index (Phi) is 6.88. The van der Waals surface area contributed by atoms with E-state index in [0.29, 0.717) is 12.3 Å². The lowest BCUT2D eigenvalue weighted by Crippen LogP contribution is -2.29. The zero-order valence-corrected chi connectivity index (χ0v) is 12.2. The predicted octanol–water partition coefficient (Wildman–Crippen LogP) is 3.21. The fourth-order valence-corrected chi connectivity index (χ4v) is 1.82. The van der Waals surface area contributed by atoms with Crippen molar-refractivity contribution < 1.29 is 4.79 Å².